The van der Waals surface area contributed by atoms with E-state index in [1.807, 2.05) is 7.05 Å². The van der Waals surface area contributed by atoms with Crippen molar-refractivity contribution in [3.63, 3.8) is 0 Å². The lowest BCUT2D eigenvalue weighted by atomic mass is 9.95. The second kappa shape index (κ2) is 9.66. The number of primary amides is 1. The van der Waals surface area contributed by atoms with Crippen LogP contribution in [0.1, 0.15) is 40.0 Å². The predicted molar refractivity (Wildman–Crippen MR) is 91.9 cm³/mol. The molecule has 0 spiro atoms. The number of hydrogen-bond donors (Lipinski definition) is 2. The Bertz CT molecular complexity index is 370. The van der Waals surface area contributed by atoms with Gasteiger partial charge in [0, 0.05) is 45.7 Å². The first-order chi connectivity index (χ1) is 10.5. The Morgan fingerprint density at radius 2 is 2.23 bits per heavy atom. The van der Waals surface area contributed by atoms with Crippen molar-refractivity contribution in [3.05, 3.63) is 0 Å². The zero-order valence-electron chi connectivity index (χ0n) is 14.6. The van der Waals surface area contributed by atoms with E-state index >= 15 is 0 Å². The minimum Gasteiger partial charge on any atom is -0.370 e. The molecule has 1 amide bonds. The largest absolute Gasteiger partial charge is 0.370 e. The van der Waals surface area contributed by atoms with Crippen LogP contribution in [0.15, 0.2) is 4.99 Å². The number of carbonyl (C=O) groups is 1. The van der Waals surface area contributed by atoms with Crippen LogP contribution >= 0.6 is 0 Å². The molecule has 1 heterocycles. The number of nitrogens with one attached hydrogen (secondary N) is 1. The van der Waals surface area contributed by atoms with Crippen LogP contribution in [0.4, 0.5) is 0 Å². The number of nitrogens with two attached hydrogens (primary N) is 1. The highest BCUT2D eigenvalue weighted by Gasteiger charge is 2.23. The summed E-state index contributed by atoms with van der Waals surface area (Å²) in [4.78, 5) is 20.2. The van der Waals surface area contributed by atoms with Gasteiger partial charge in [-0.15, -0.1) is 0 Å². The van der Waals surface area contributed by atoms with Crippen LogP contribution in [0.3, 0.4) is 0 Å². The molecule has 1 saturated heterocycles. The fraction of sp³-hybridized carbons (Fsp3) is 0.875. The van der Waals surface area contributed by atoms with Gasteiger partial charge in [0.1, 0.15) is 0 Å². The van der Waals surface area contributed by atoms with Crippen LogP contribution in [0.2, 0.25) is 0 Å². The van der Waals surface area contributed by atoms with Gasteiger partial charge in [-0.25, -0.2) is 0 Å². The summed E-state index contributed by atoms with van der Waals surface area (Å²) in [7, 11) is 1.82. The number of aliphatic imine (C=N–C) groups is 1. The zero-order valence-corrected chi connectivity index (χ0v) is 14.6. The molecule has 0 aromatic carbocycles. The lowest BCUT2D eigenvalue weighted by molar-refractivity contribution is -0.119. The quantitative estimate of drug-likeness (QED) is 0.541. The smallest absolute Gasteiger partial charge is 0.217 e. The SMILES string of the molecule is CCN(CCNC(=NC)N1CCCC(CC(N)=O)C1)C(C)C. The van der Waals surface area contributed by atoms with E-state index in [2.05, 4.69) is 40.9 Å². The maximum absolute atomic E-state index is 11.1. The topological polar surface area (TPSA) is 74.0 Å². The molecule has 128 valence electrons. The molecule has 0 aliphatic carbocycles. The molecule has 1 aliphatic heterocycles. The lowest BCUT2D eigenvalue weighted by Crippen LogP contribution is -2.49. The highest BCUT2D eigenvalue weighted by molar-refractivity contribution is 5.80. The summed E-state index contributed by atoms with van der Waals surface area (Å²) < 4.78 is 0. The van der Waals surface area contributed by atoms with Gasteiger partial charge in [-0.1, -0.05) is 6.92 Å². The van der Waals surface area contributed by atoms with Crippen molar-refractivity contribution < 1.29 is 4.79 Å². The molecular formula is C16H33N5O. The van der Waals surface area contributed by atoms with Gasteiger partial charge >= 0.3 is 0 Å². The first kappa shape index (κ1) is 18.7. The van der Waals surface area contributed by atoms with Crippen LogP contribution in [-0.4, -0.2) is 67.5 Å². The minimum atomic E-state index is -0.203. The lowest BCUT2D eigenvalue weighted by Gasteiger charge is -2.35. The van der Waals surface area contributed by atoms with Gasteiger partial charge in [0.05, 0.1) is 0 Å². The van der Waals surface area contributed by atoms with Gasteiger partial charge < -0.3 is 16.0 Å². The molecule has 1 atom stereocenters. The van der Waals surface area contributed by atoms with E-state index in [4.69, 9.17) is 5.73 Å². The Morgan fingerprint density at radius 3 is 2.77 bits per heavy atom. The number of hydrogen-bond acceptors (Lipinski definition) is 3. The monoisotopic (exact) mass is 311 g/mol. The first-order valence-corrected chi connectivity index (χ1v) is 8.45. The molecular weight excluding hydrogens is 278 g/mol. The molecule has 0 aromatic rings. The van der Waals surface area contributed by atoms with E-state index in [0.717, 1.165) is 51.5 Å². The molecule has 3 N–H and O–H groups in total. The average molecular weight is 311 g/mol. The van der Waals surface area contributed by atoms with Crippen molar-refractivity contribution in [2.45, 2.75) is 46.1 Å². The number of likely N-dealkylation sites (N-methyl/N-ethyl adjacent to an activating group) is 1. The van der Waals surface area contributed by atoms with Crippen molar-refractivity contribution in [1.29, 1.82) is 0 Å². The number of piperidine rings is 1. The molecule has 1 aliphatic rings. The maximum Gasteiger partial charge on any atom is 0.217 e. The van der Waals surface area contributed by atoms with E-state index in [9.17, 15) is 4.79 Å². The summed E-state index contributed by atoms with van der Waals surface area (Å²) in [6.07, 6.45) is 2.64. The van der Waals surface area contributed by atoms with Crippen molar-refractivity contribution in [1.82, 2.24) is 15.1 Å². The molecule has 1 unspecified atom stereocenters. The van der Waals surface area contributed by atoms with Crippen LogP contribution in [0.5, 0.6) is 0 Å². The number of likely N-dealkylation sites (tertiary alicyclic amines) is 1. The Labute approximate surface area is 135 Å². The highest BCUT2D eigenvalue weighted by atomic mass is 16.1. The average Bonchev–Trinajstić information content (AvgIpc) is 2.46. The van der Waals surface area contributed by atoms with Crippen LogP contribution < -0.4 is 11.1 Å². The normalized spacial score (nSPS) is 19.8. The fourth-order valence-electron chi connectivity index (χ4n) is 3.13. The van der Waals surface area contributed by atoms with Gasteiger partial charge in [-0.2, -0.15) is 0 Å². The molecule has 0 saturated carbocycles. The number of amides is 1. The summed E-state index contributed by atoms with van der Waals surface area (Å²) in [5.41, 5.74) is 5.33. The van der Waals surface area contributed by atoms with Crippen molar-refractivity contribution >= 4 is 11.9 Å². The number of carbonyl (C=O) groups excluding carboxylic acids is 1. The second-order valence-corrected chi connectivity index (χ2v) is 6.32. The maximum atomic E-state index is 11.1. The molecule has 6 nitrogen and oxygen atoms in total. The standard InChI is InChI=1S/C16H33N5O/c1-5-20(13(2)3)10-8-19-16(18-4)21-9-6-7-14(12-21)11-15(17)22/h13-14H,5-12H2,1-4H3,(H2,17,22)(H,18,19). The third-order valence-electron chi connectivity index (χ3n) is 4.34. The van der Waals surface area contributed by atoms with Gasteiger partial charge in [-0.05, 0) is 39.2 Å². The molecule has 1 rings (SSSR count). The predicted octanol–water partition coefficient (Wildman–Crippen LogP) is 0.880. The van der Waals surface area contributed by atoms with Crippen LogP contribution in [-0.2, 0) is 4.79 Å². The molecule has 6 heteroatoms. The zero-order chi connectivity index (χ0) is 16.5. The van der Waals surface area contributed by atoms with Crippen molar-refractivity contribution in [2.24, 2.45) is 16.6 Å². The summed E-state index contributed by atoms with van der Waals surface area (Å²) in [5, 5.41) is 3.45. The van der Waals surface area contributed by atoms with E-state index in [1.165, 1.54) is 0 Å². The van der Waals surface area contributed by atoms with Gasteiger partial charge in [0.25, 0.3) is 0 Å². The molecule has 1 fully saturated rings. The Hall–Kier alpha value is -1.30. The number of nitrogens with zero attached hydrogens (tertiary/aromatic N) is 3. The van der Waals surface area contributed by atoms with E-state index in [0.29, 0.717) is 18.4 Å². The van der Waals surface area contributed by atoms with E-state index in [1.54, 1.807) is 0 Å². The Kier molecular flexibility index (Phi) is 8.24. The molecule has 0 aromatic heterocycles. The third kappa shape index (κ3) is 6.22. The Balaban J connectivity index is 2.45. The number of guanidine groups is 1. The van der Waals surface area contributed by atoms with E-state index < -0.39 is 0 Å². The van der Waals surface area contributed by atoms with Crippen LogP contribution in [0.25, 0.3) is 0 Å². The van der Waals surface area contributed by atoms with Gasteiger partial charge in [0.15, 0.2) is 5.96 Å². The molecule has 0 radical (unpaired) electrons. The third-order valence-corrected chi connectivity index (χ3v) is 4.34. The highest BCUT2D eigenvalue weighted by Crippen LogP contribution is 2.19. The fourth-order valence-corrected chi connectivity index (χ4v) is 3.13. The van der Waals surface area contributed by atoms with Gasteiger partial charge in [-0.3, -0.25) is 14.7 Å². The van der Waals surface area contributed by atoms with E-state index in [-0.39, 0.29) is 5.91 Å². The van der Waals surface area contributed by atoms with Gasteiger partial charge in [0.2, 0.25) is 5.91 Å². The van der Waals surface area contributed by atoms with Crippen LogP contribution in [0, 0.1) is 5.92 Å². The summed E-state index contributed by atoms with van der Waals surface area (Å²) >= 11 is 0. The van der Waals surface area contributed by atoms with Crippen molar-refractivity contribution in [2.75, 3.05) is 39.8 Å². The summed E-state index contributed by atoms with van der Waals surface area (Å²) in [6.45, 7) is 11.4. The summed E-state index contributed by atoms with van der Waals surface area (Å²) in [6, 6.07) is 0.559. The second-order valence-electron chi connectivity index (χ2n) is 6.32. The van der Waals surface area contributed by atoms with Crippen molar-refractivity contribution in [3.8, 4) is 0 Å². The molecule has 22 heavy (non-hydrogen) atoms. The minimum absolute atomic E-state index is 0.203. The first-order valence-electron chi connectivity index (χ1n) is 8.45. The number of rotatable bonds is 7. The summed E-state index contributed by atoms with van der Waals surface area (Å²) in [5.74, 6) is 1.09. The molecule has 0 bridgehead atoms. The Morgan fingerprint density at radius 1 is 1.50 bits per heavy atom.